The molecule has 2 aromatic carbocycles. The van der Waals surface area contributed by atoms with Crippen LogP contribution >= 0.6 is 0 Å². The summed E-state index contributed by atoms with van der Waals surface area (Å²) in [5, 5.41) is 14.7. The van der Waals surface area contributed by atoms with Gasteiger partial charge in [0.25, 0.3) is 5.91 Å². The second-order valence-corrected chi connectivity index (χ2v) is 7.26. The van der Waals surface area contributed by atoms with E-state index in [0.29, 0.717) is 22.9 Å². The second kappa shape index (κ2) is 8.75. The smallest absolute Gasteiger partial charge is 0.259 e. The lowest BCUT2D eigenvalue weighted by Gasteiger charge is -2.09. The minimum atomic E-state index is -0.213. The first-order valence-electron chi connectivity index (χ1n) is 10.3. The molecule has 0 aliphatic carbocycles. The molecule has 33 heavy (non-hydrogen) atoms. The van der Waals surface area contributed by atoms with Gasteiger partial charge < -0.3 is 10.6 Å². The number of hydrogen-bond acceptors (Lipinski definition) is 6. The molecule has 0 aliphatic heterocycles. The van der Waals surface area contributed by atoms with Crippen molar-refractivity contribution in [2.45, 2.75) is 6.92 Å². The zero-order chi connectivity index (χ0) is 22.6. The highest BCUT2D eigenvalue weighted by Gasteiger charge is 2.15. The average Bonchev–Trinajstić information content (AvgIpc) is 3.51. The largest absolute Gasteiger partial charge is 0.340 e. The van der Waals surface area contributed by atoms with Gasteiger partial charge in [-0.1, -0.05) is 18.2 Å². The van der Waals surface area contributed by atoms with Crippen molar-refractivity contribution in [1.82, 2.24) is 29.5 Å². The van der Waals surface area contributed by atoms with Gasteiger partial charge in [-0.15, -0.1) is 0 Å². The number of aromatic nitrogens is 6. The Morgan fingerprint density at radius 3 is 2.45 bits per heavy atom. The van der Waals surface area contributed by atoms with E-state index >= 15 is 0 Å². The predicted molar refractivity (Wildman–Crippen MR) is 125 cm³/mol. The monoisotopic (exact) mass is 436 g/mol. The van der Waals surface area contributed by atoms with Crippen LogP contribution in [0.25, 0.3) is 11.5 Å². The molecular weight excluding hydrogens is 416 g/mol. The summed E-state index contributed by atoms with van der Waals surface area (Å²) < 4.78 is 3.41. The quantitative estimate of drug-likeness (QED) is 0.415. The molecule has 0 saturated carbocycles. The Morgan fingerprint density at radius 2 is 1.70 bits per heavy atom. The van der Waals surface area contributed by atoms with Crippen LogP contribution < -0.4 is 10.6 Å². The molecule has 0 spiro atoms. The van der Waals surface area contributed by atoms with E-state index in [9.17, 15) is 4.79 Å². The van der Waals surface area contributed by atoms with Crippen LogP contribution in [0.1, 0.15) is 16.1 Å². The number of amides is 1. The summed E-state index contributed by atoms with van der Waals surface area (Å²) in [6.07, 6.45) is 6.57. The predicted octanol–water partition coefficient (Wildman–Crippen LogP) is 4.15. The van der Waals surface area contributed by atoms with Crippen LogP contribution in [0.2, 0.25) is 0 Å². The Morgan fingerprint density at radius 1 is 0.909 bits per heavy atom. The van der Waals surface area contributed by atoms with Crippen molar-refractivity contribution in [2.24, 2.45) is 0 Å². The summed E-state index contributed by atoms with van der Waals surface area (Å²) in [5.41, 5.74) is 3.70. The minimum absolute atomic E-state index is 0.213. The van der Waals surface area contributed by atoms with Gasteiger partial charge in [0.05, 0.1) is 23.1 Å². The van der Waals surface area contributed by atoms with E-state index in [1.807, 2.05) is 73.8 Å². The van der Waals surface area contributed by atoms with E-state index in [0.717, 1.165) is 17.1 Å². The van der Waals surface area contributed by atoms with Crippen LogP contribution in [0, 0.1) is 6.92 Å². The molecular formula is C24H20N8O. The highest BCUT2D eigenvalue weighted by atomic mass is 16.1. The molecule has 0 bridgehead atoms. The Labute approximate surface area is 189 Å². The van der Waals surface area contributed by atoms with E-state index in [1.54, 1.807) is 27.8 Å². The number of para-hydroxylation sites is 1. The fourth-order valence-corrected chi connectivity index (χ4v) is 3.39. The molecule has 0 fully saturated rings. The lowest BCUT2D eigenvalue weighted by Crippen LogP contribution is -2.13. The first-order valence-corrected chi connectivity index (χ1v) is 10.3. The van der Waals surface area contributed by atoms with Gasteiger partial charge in [0.2, 0.25) is 0 Å². The van der Waals surface area contributed by atoms with Crippen molar-refractivity contribution in [2.75, 3.05) is 10.6 Å². The molecule has 0 radical (unpaired) electrons. The van der Waals surface area contributed by atoms with Gasteiger partial charge in [-0.05, 0) is 49.4 Å². The van der Waals surface area contributed by atoms with Crippen LogP contribution in [-0.2, 0) is 0 Å². The lowest BCUT2D eigenvalue weighted by molar-refractivity contribution is 0.102. The first kappa shape index (κ1) is 20.1. The van der Waals surface area contributed by atoms with E-state index in [2.05, 4.69) is 30.8 Å². The van der Waals surface area contributed by atoms with E-state index < -0.39 is 0 Å². The lowest BCUT2D eigenvalue weighted by atomic mass is 10.2. The third kappa shape index (κ3) is 4.33. The second-order valence-electron chi connectivity index (χ2n) is 7.26. The van der Waals surface area contributed by atoms with Gasteiger partial charge in [0.15, 0.2) is 5.82 Å². The molecule has 162 valence electrons. The number of anilines is 3. The number of benzene rings is 2. The van der Waals surface area contributed by atoms with Gasteiger partial charge in [-0.25, -0.2) is 19.3 Å². The fraction of sp³-hybridized carbons (Fsp3) is 0.0417. The molecule has 9 nitrogen and oxygen atoms in total. The van der Waals surface area contributed by atoms with Crippen molar-refractivity contribution in [1.29, 1.82) is 0 Å². The summed E-state index contributed by atoms with van der Waals surface area (Å²) in [4.78, 5) is 21.3. The number of nitrogens with one attached hydrogen (secondary N) is 2. The highest BCUT2D eigenvalue weighted by Crippen LogP contribution is 2.20. The van der Waals surface area contributed by atoms with Gasteiger partial charge in [0.1, 0.15) is 12.1 Å². The molecule has 1 amide bonds. The number of carbonyl (C=O) groups is 1. The number of hydrogen-bond donors (Lipinski definition) is 2. The summed E-state index contributed by atoms with van der Waals surface area (Å²) in [5.74, 6) is 1.08. The molecule has 0 atom stereocenters. The molecule has 9 heteroatoms. The van der Waals surface area contributed by atoms with Gasteiger partial charge >= 0.3 is 0 Å². The average molecular weight is 436 g/mol. The zero-order valence-electron chi connectivity index (χ0n) is 17.8. The van der Waals surface area contributed by atoms with E-state index in [1.165, 1.54) is 6.33 Å². The van der Waals surface area contributed by atoms with Crippen molar-refractivity contribution in [3.05, 3.63) is 103 Å². The third-order valence-electron chi connectivity index (χ3n) is 5.06. The number of nitrogens with zero attached hydrogens (tertiary/aromatic N) is 6. The molecule has 3 heterocycles. The van der Waals surface area contributed by atoms with E-state index in [4.69, 9.17) is 0 Å². The topological polar surface area (TPSA) is 103 Å². The molecule has 0 unspecified atom stereocenters. The van der Waals surface area contributed by atoms with Crippen LogP contribution in [0.4, 0.5) is 17.2 Å². The number of rotatable bonds is 6. The molecule has 3 aromatic heterocycles. The fourth-order valence-electron chi connectivity index (χ4n) is 3.39. The maximum absolute atomic E-state index is 12.8. The molecule has 5 aromatic rings. The van der Waals surface area contributed by atoms with Crippen molar-refractivity contribution in [3.63, 3.8) is 0 Å². The Balaban J connectivity index is 1.27. The van der Waals surface area contributed by atoms with E-state index in [-0.39, 0.29) is 5.91 Å². The third-order valence-corrected chi connectivity index (χ3v) is 5.06. The SMILES string of the molecule is Cc1c(C(=O)Nc2ccc(Nc3cc(-n4cccn4)ncn3)cc2)cnn1-c1ccccc1. The first-order chi connectivity index (χ1) is 16.2. The zero-order valence-corrected chi connectivity index (χ0v) is 17.8. The highest BCUT2D eigenvalue weighted by molar-refractivity contribution is 6.05. The van der Waals surface area contributed by atoms with Gasteiger partial charge in [0, 0.05) is 29.8 Å². The minimum Gasteiger partial charge on any atom is -0.340 e. The maximum Gasteiger partial charge on any atom is 0.259 e. The summed E-state index contributed by atoms with van der Waals surface area (Å²) in [6.45, 7) is 1.88. The Kier molecular flexibility index (Phi) is 5.34. The molecule has 2 N–H and O–H groups in total. The van der Waals surface area contributed by atoms with Crippen LogP contribution in [0.15, 0.2) is 91.6 Å². The Bertz CT molecular complexity index is 1380. The van der Waals surface area contributed by atoms with Gasteiger partial charge in [-0.2, -0.15) is 10.2 Å². The van der Waals surface area contributed by atoms with Crippen LogP contribution in [0.5, 0.6) is 0 Å². The maximum atomic E-state index is 12.8. The van der Waals surface area contributed by atoms with Crippen LogP contribution in [0.3, 0.4) is 0 Å². The van der Waals surface area contributed by atoms with Crippen molar-refractivity contribution < 1.29 is 4.79 Å². The Hall–Kier alpha value is -4.79. The molecule has 0 aliphatic rings. The normalized spacial score (nSPS) is 10.7. The molecule has 0 saturated heterocycles. The summed E-state index contributed by atoms with van der Waals surface area (Å²) in [6, 6.07) is 20.7. The van der Waals surface area contributed by atoms with Crippen molar-refractivity contribution >= 4 is 23.1 Å². The number of carbonyl (C=O) groups excluding carboxylic acids is 1. The summed E-state index contributed by atoms with van der Waals surface area (Å²) >= 11 is 0. The molecule has 5 rings (SSSR count). The summed E-state index contributed by atoms with van der Waals surface area (Å²) in [7, 11) is 0. The van der Waals surface area contributed by atoms with Crippen LogP contribution in [-0.4, -0.2) is 35.4 Å². The van der Waals surface area contributed by atoms with Gasteiger partial charge in [-0.3, -0.25) is 4.79 Å². The standard InChI is InChI=1S/C24H20N8O/c1-17-21(15-28-32(17)20-6-3-2-4-7-20)24(33)30-19-10-8-18(9-11-19)29-22-14-23(26-16-25-22)31-13-5-12-27-31/h2-16H,1H3,(H,30,33)(H,25,26,29). The van der Waals surface area contributed by atoms with Crippen molar-refractivity contribution in [3.8, 4) is 11.5 Å².